The Morgan fingerprint density at radius 3 is 2.20 bits per heavy atom. The molecule has 1 aliphatic carbocycles. The van der Waals surface area contributed by atoms with Crippen molar-refractivity contribution >= 4 is 12.0 Å². The molecule has 0 aromatic heterocycles. The van der Waals surface area contributed by atoms with E-state index in [4.69, 9.17) is 0 Å². The Balaban J connectivity index is 2.93. The number of carbonyl (C=O) groups is 2. The van der Waals surface area contributed by atoms with Gasteiger partial charge in [0.15, 0.2) is 0 Å². The van der Waals surface area contributed by atoms with Crippen LogP contribution in [0.1, 0.15) is 46.5 Å². The molecule has 0 unspecified atom stereocenters. The minimum absolute atomic E-state index is 0.104. The third kappa shape index (κ3) is 3.42. The number of carboxylic acid groups (broad SMARTS) is 1. The van der Waals surface area contributed by atoms with Crippen LogP contribution in [0.15, 0.2) is 0 Å². The van der Waals surface area contributed by atoms with E-state index in [0.717, 1.165) is 25.7 Å². The molecule has 6 heteroatoms. The van der Waals surface area contributed by atoms with Gasteiger partial charge in [0.25, 0.3) is 0 Å². The molecule has 6 nitrogen and oxygen atoms in total. The van der Waals surface area contributed by atoms with Crippen LogP contribution in [0.2, 0.25) is 0 Å². The molecule has 1 fully saturated rings. The predicted octanol–water partition coefficient (Wildman–Crippen LogP) is 1.53. The Morgan fingerprint density at radius 1 is 1.25 bits per heavy atom. The Bertz CT molecular complexity index is 351. The zero-order chi connectivity index (χ0) is 15.3. The maximum atomic E-state index is 12.7. The third-order valence-corrected chi connectivity index (χ3v) is 4.10. The summed E-state index contributed by atoms with van der Waals surface area (Å²) in [5.41, 5.74) is -1.25. The molecule has 0 aliphatic heterocycles. The monoisotopic (exact) mass is 286 g/mol. The van der Waals surface area contributed by atoms with E-state index >= 15 is 0 Å². The van der Waals surface area contributed by atoms with Gasteiger partial charge in [0, 0.05) is 19.1 Å². The molecule has 116 valence electrons. The summed E-state index contributed by atoms with van der Waals surface area (Å²) >= 11 is 0. The number of hydrogen-bond acceptors (Lipinski definition) is 3. The van der Waals surface area contributed by atoms with Crippen LogP contribution in [-0.4, -0.2) is 63.3 Å². The molecule has 0 aromatic carbocycles. The first-order valence-corrected chi connectivity index (χ1v) is 7.28. The topological polar surface area (TPSA) is 81.1 Å². The average Bonchev–Trinajstić information content (AvgIpc) is 2.89. The minimum atomic E-state index is -1.25. The second-order valence-electron chi connectivity index (χ2n) is 5.75. The fraction of sp³-hybridized carbons (Fsp3) is 0.857. The van der Waals surface area contributed by atoms with Gasteiger partial charge >= 0.3 is 12.0 Å². The molecule has 1 rings (SSSR count). The smallest absolute Gasteiger partial charge is 0.329 e. The van der Waals surface area contributed by atoms with Crippen molar-refractivity contribution in [2.24, 2.45) is 0 Å². The highest BCUT2D eigenvalue weighted by atomic mass is 16.4. The van der Waals surface area contributed by atoms with Crippen LogP contribution in [0.5, 0.6) is 0 Å². The highest BCUT2D eigenvalue weighted by Crippen LogP contribution is 2.26. The standard InChI is InChI=1S/C14H26N2O4/c1-4-16(14(2,3)12(18)19)13(20)15(9-10-17)11-7-5-6-8-11/h11,17H,4-10H2,1-3H3,(H,18,19). The lowest BCUT2D eigenvalue weighted by atomic mass is 10.0. The number of aliphatic carboxylic acids is 1. The van der Waals surface area contributed by atoms with Gasteiger partial charge in [-0.2, -0.15) is 0 Å². The number of aliphatic hydroxyl groups excluding tert-OH is 1. The van der Waals surface area contributed by atoms with Crippen molar-refractivity contribution in [3.8, 4) is 0 Å². The fourth-order valence-electron chi connectivity index (χ4n) is 2.80. The number of carbonyl (C=O) groups excluding carboxylic acids is 1. The number of hydrogen-bond donors (Lipinski definition) is 2. The summed E-state index contributed by atoms with van der Waals surface area (Å²) in [5.74, 6) is -1.02. The first-order valence-electron chi connectivity index (χ1n) is 7.28. The van der Waals surface area contributed by atoms with Gasteiger partial charge in [-0.05, 0) is 33.6 Å². The third-order valence-electron chi connectivity index (χ3n) is 4.10. The predicted molar refractivity (Wildman–Crippen MR) is 75.5 cm³/mol. The number of aliphatic hydroxyl groups is 1. The van der Waals surface area contributed by atoms with Crippen molar-refractivity contribution < 1.29 is 19.8 Å². The van der Waals surface area contributed by atoms with E-state index in [1.54, 1.807) is 11.8 Å². The lowest BCUT2D eigenvalue weighted by Crippen LogP contribution is -2.58. The number of likely N-dealkylation sites (N-methyl/N-ethyl adjacent to an activating group) is 1. The van der Waals surface area contributed by atoms with Crippen molar-refractivity contribution in [3.05, 3.63) is 0 Å². The highest BCUT2D eigenvalue weighted by Gasteiger charge is 2.40. The molecular formula is C14H26N2O4. The molecule has 0 atom stereocenters. The number of rotatable bonds is 6. The van der Waals surface area contributed by atoms with Gasteiger partial charge in [0.2, 0.25) is 0 Å². The first kappa shape index (κ1) is 16.8. The molecule has 0 heterocycles. The Kier molecular flexibility index (Phi) is 5.80. The lowest BCUT2D eigenvalue weighted by molar-refractivity contribution is -0.147. The highest BCUT2D eigenvalue weighted by molar-refractivity contribution is 5.85. The zero-order valence-corrected chi connectivity index (χ0v) is 12.6. The number of amides is 2. The minimum Gasteiger partial charge on any atom is -0.480 e. The van der Waals surface area contributed by atoms with Gasteiger partial charge in [-0.25, -0.2) is 9.59 Å². The summed E-state index contributed by atoms with van der Waals surface area (Å²) in [6.07, 6.45) is 4.01. The summed E-state index contributed by atoms with van der Waals surface area (Å²) in [7, 11) is 0. The van der Waals surface area contributed by atoms with Gasteiger partial charge in [-0.1, -0.05) is 12.8 Å². The summed E-state index contributed by atoms with van der Waals surface area (Å²) < 4.78 is 0. The summed E-state index contributed by atoms with van der Waals surface area (Å²) in [5, 5.41) is 18.5. The van der Waals surface area contributed by atoms with Crippen molar-refractivity contribution in [1.82, 2.24) is 9.80 Å². The van der Waals surface area contributed by atoms with Crippen LogP contribution in [0, 0.1) is 0 Å². The average molecular weight is 286 g/mol. The van der Waals surface area contributed by atoms with E-state index in [9.17, 15) is 19.8 Å². The Morgan fingerprint density at radius 2 is 1.80 bits per heavy atom. The fourth-order valence-corrected chi connectivity index (χ4v) is 2.80. The second kappa shape index (κ2) is 6.92. The molecule has 0 bridgehead atoms. The molecule has 0 radical (unpaired) electrons. The molecule has 0 saturated heterocycles. The van der Waals surface area contributed by atoms with Crippen LogP contribution in [-0.2, 0) is 4.79 Å². The summed E-state index contributed by atoms with van der Waals surface area (Å²) in [6.45, 7) is 5.31. The maximum absolute atomic E-state index is 12.7. The van der Waals surface area contributed by atoms with Crippen molar-refractivity contribution in [2.45, 2.75) is 58.0 Å². The molecule has 2 N–H and O–H groups in total. The van der Waals surface area contributed by atoms with E-state index in [2.05, 4.69) is 0 Å². The second-order valence-corrected chi connectivity index (χ2v) is 5.75. The Hall–Kier alpha value is -1.30. The van der Waals surface area contributed by atoms with Gasteiger partial charge in [0.1, 0.15) is 5.54 Å². The number of nitrogens with zero attached hydrogens (tertiary/aromatic N) is 2. The summed E-state index contributed by atoms with van der Waals surface area (Å²) in [4.78, 5) is 27.1. The van der Waals surface area contributed by atoms with Gasteiger partial charge < -0.3 is 20.0 Å². The Labute approximate surface area is 120 Å². The number of urea groups is 1. The molecule has 1 saturated carbocycles. The molecule has 2 amide bonds. The largest absolute Gasteiger partial charge is 0.480 e. The first-order chi connectivity index (χ1) is 9.36. The van der Waals surface area contributed by atoms with Gasteiger partial charge in [-0.15, -0.1) is 0 Å². The molecule has 0 spiro atoms. The molecule has 20 heavy (non-hydrogen) atoms. The lowest BCUT2D eigenvalue weighted by Gasteiger charge is -2.40. The molecule has 1 aliphatic rings. The van der Waals surface area contributed by atoms with E-state index < -0.39 is 11.5 Å². The maximum Gasteiger partial charge on any atom is 0.329 e. The van der Waals surface area contributed by atoms with Crippen LogP contribution in [0.25, 0.3) is 0 Å². The number of carboxylic acids is 1. The van der Waals surface area contributed by atoms with Gasteiger partial charge in [0.05, 0.1) is 6.61 Å². The van der Waals surface area contributed by atoms with E-state index in [0.29, 0.717) is 6.54 Å². The van der Waals surface area contributed by atoms with Crippen LogP contribution in [0.3, 0.4) is 0 Å². The zero-order valence-electron chi connectivity index (χ0n) is 12.6. The van der Waals surface area contributed by atoms with Crippen LogP contribution >= 0.6 is 0 Å². The molecule has 0 aromatic rings. The summed E-state index contributed by atoms with van der Waals surface area (Å²) in [6, 6.07) is -0.172. The normalized spacial score (nSPS) is 16.2. The van der Waals surface area contributed by atoms with E-state index in [1.165, 1.54) is 18.7 Å². The van der Waals surface area contributed by atoms with Crippen molar-refractivity contribution in [2.75, 3.05) is 19.7 Å². The van der Waals surface area contributed by atoms with E-state index in [1.807, 2.05) is 0 Å². The van der Waals surface area contributed by atoms with Crippen molar-refractivity contribution in [1.29, 1.82) is 0 Å². The van der Waals surface area contributed by atoms with Gasteiger partial charge in [-0.3, -0.25) is 0 Å². The quantitative estimate of drug-likeness (QED) is 0.776. The van der Waals surface area contributed by atoms with E-state index in [-0.39, 0.29) is 25.2 Å². The van der Waals surface area contributed by atoms with Crippen LogP contribution in [0.4, 0.5) is 4.79 Å². The van der Waals surface area contributed by atoms with Crippen molar-refractivity contribution in [3.63, 3.8) is 0 Å². The van der Waals surface area contributed by atoms with Crippen LogP contribution < -0.4 is 0 Å². The SMILES string of the molecule is CCN(C(=O)N(CCO)C1CCCC1)C(C)(C)C(=O)O. The molecular weight excluding hydrogens is 260 g/mol.